The molecule has 22 heavy (non-hydrogen) atoms. The molecule has 0 amide bonds. The highest BCUT2D eigenvalue weighted by molar-refractivity contribution is 7.13. The van der Waals surface area contributed by atoms with E-state index < -0.39 is 0 Å². The minimum Gasteiger partial charge on any atom is -0.444 e. The van der Waals surface area contributed by atoms with Gasteiger partial charge in [-0.3, -0.25) is 9.58 Å². The van der Waals surface area contributed by atoms with E-state index in [1.54, 1.807) is 17.6 Å². The summed E-state index contributed by atoms with van der Waals surface area (Å²) in [6, 6.07) is 4.49. The highest BCUT2D eigenvalue weighted by atomic mass is 32.1. The SMILES string of the molecule is Cn1cc([C@@H]2CCCN2Cc2coc(-c3cccs3)n2)cn1. The third-order valence-electron chi connectivity index (χ3n) is 4.12. The van der Waals surface area contributed by atoms with E-state index in [4.69, 9.17) is 4.42 Å². The van der Waals surface area contributed by atoms with Crippen LogP contribution in [-0.2, 0) is 13.6 Å². The van der Waals surface area contributed by atoms with Gasteiger partial charge in [-0.05, 0) is 30.8 Å². The first-order valence-corrected chi connectivity index (χ1v) is 8.38. The summed E-state index contributed by atoms with van der Waals surface area (Å²) >= 11 is 1.65. The summed E-state index contributed by atoms with van der Waals surface area (Å²) in [4.78, 5) is 8.18. The second-order valence-electron chi connectivity index (χ2n) is 5.70. The number of thiophene rings is 1. The molecule has 0 bridgehead atoms. The second kappa shape index (κ2) is 5.70. The topological polar surface area (TPSA) is 47.1 Å². The Morgan fingerprint density at radius 2 is 2.41 bits per heavy atom. The first kappa shape index (κ1) is 13.7. The molecule has 1 atom stereocenters. The van der Waals surface area contributed by atoms with Crippen LogP contribution in [0.5, 0.6) is 0 Å². The number of oxazole rings is 1. The minimum atomic E-state index is 0.440. The van der Waals surface area contributed by atoms with Gasteiger partial charge in [-0.1, -0.05) is 6.07 Å². The van der Waals surface area contributed by atoms with Crippen LogP contribution < -0.4 is 0 Å². The van der Waals surface area contributed by atoms with Crippen LogP contribution in [0.25, 0.3) is 10.8 Å². The van der Waals surface area contributed by atoms with Gasteiger partial charge in [-0.2, -0.15) is 5.10 Å². The average Bonchev–Trinajstić information content (AvgIpc) is 3.26. The zero-order chi connectivity index (χ0) is 14.9. The van der Waals surface area contributed by atoms with Gasteiger partial charge in [-0.25, -0.2) is 4.98 Å². The van der Waals surface area contributed by atoms with E-state index >= 15 is 0 Å². The lowest BCUT2D eigenvalue weighted by atomic mass is 10.1. The van der Waals surface area contributed by atoms with Crippen LogP contribution >= 0.6 is 11.3 Å². The Kier molecular flexibility index (Phi) is 3.56. The molecule has 0 spiro atoms. The zero-order valence-electron chi connectivity index (χ0n) is 12.5. The summed E-state index contributed by atoms with van der Waals surface area (Å²) in [7, 11) is 1.97. The molecule has 6 heteroatoms. The molecule has 0 aliphatic carbocycles. The van der Waals surface area contributed by atoms with Crippen LogP contribution in [0.15, 0.2) is 40.6 Å². The van der Waals surface area contributed by atoms with E-state index in [9.17, 15) is 0 Å². The van der Waals surface area contributed by atoms with Crippen molar-refractivity contribution in [2.45, 2.75) is 25.4 Å². The van der Waals surface area contributed by atoms with Crippen molar-refractivity contribution in [3.05, 3.63) is 47.4 Å². The van der Waals surface area contributed by atoms with Crippen molar-refractivity contribution in [3.8, 4) is 10.8 Å². The van der Waals surface area contributed by atoms with Gasteiger partial charge in [-0.15, -0.1) is 11.3 Å². The lowest BCUT2D eigenvalue weighted by Gasteiger charge is -2.22. The van der Waals surface area contributed by atoms with E-state index in [2.05, 4.69) is 21.2 Å². The maximum Gasteiger partial charge on any atom is 0.236 e. The van der Waals surface area contributed by atoms with Crippen molar-refractivity contribution in [2.75, 3.05) is 6.54 Å². The molecule has 3 aromatic heterocycles. The highest BCUT2D eigenvalue weighted by Crippen LogP contribution is 2.33. The Balaban J connectivity index is 1.50. The lowest BCUT2D eigenvalue weighted by molar-refractivity contribution is 0.245. The zero-order valence-corrected chi connectivity index (χ0v) is 13.3. The normalized spacial score (nSPS) is 19.0. The van der Waals surface area contributed by atoms with E-state index in [0.29, 0.717) is 6.04 Å². The fourth-order valence-electron chi connectivity index (χ4n) is 3.11. The molecule has 1 aliphatic heterocycles. The van der Waals surface area contributed by atoms with Gasteiger partial charge in [0.2, 0.25) is 5.89 Å². The molecular weight excluding hydrogens is 296 g/mol. The maximum atomic E-state index is 5.62. The molecule has 114 valence electrons. The number of aryl methyl sites for hydroxylation is 1. The van der Waals surface area contributed by atoms with Crippen molar-refractivity contribution in [3.63, 3.8) is 0 Å². The van der Waals surface area contributed by atoms with Gasteiger partial charge in [0.15, 0.2) is 0 Å². The van der Waals surface area contributed by atoms with Crippen molar-refractivity contribution >= 4 is 11.3 Å². The maximum absolute atomic E-state index is 5.62. The van der Waals surface area contributed by atoms with Crippen LogP contribution in [-0.4, -0.2) is 26.2 Å². The summed E-state index contributed by atoms with van der Waals surface area (Å²) in [6.45, 7) is 1.93. The van der Waals surface area contributed by atoms with E-state index in [1.165, 1.54) is 18.4 Å². The number of nitrogens with zero attached hydrogens (tertiary/aromatic N) is 4. The van der Waals surface area contributed by atoms with Gasteiger partial charge < -0.3 is 4.42 Å². The van der Waals surface area contributed by atoms with E-state index in [1.807, 2.05) is 35.4 Å². The Labute approximate surface area is 133 Å². The summed E-state index contributed by atoms with van der Waals surface area (Å²) in [5, 5.41) is 6.34. The minimum absolute atomic E-state index is 0.440. The van der Waals surface area contributed by atoms with Crippen LogP contribution in [0, 0.1) is 0 Å². The monoisotopic (exact) mass is 314 g/mol. The van der Waals surface area contributed by atoms with Gasteiger partial charge in [0, 0.05) is 31.4 Å². The number of rotatable bonds is 4. The van der Waals surface area contributed by atoms with Crippen LogP contribution in [0.2, 0.25) is 0 Å². The Hall–Kier alpha value is -1.92. The molecule has 0 radical (unpaired) electrons. The lowest BCUT2D eigenvalue weighted by Crippen LogP contribution is -2.22. The van der Waals surface area contributed by atoms with Crippen LogP contribution in [0.1, 0.15) is 30.1 Å². The predicted octanol–water partition coefficient (Wildman–Crippen LogP) is 3.47. The number of hydrogen-bond acceptors (Lipinski definition) is 5. The molecule has 1 aliphatic rings. The molecule has 3 aromatic rings. The predicted molar refractivity (Wildman–Crippen MR) is 85.4 cm³/mol. The van der Waals surface area contributed by atoms with Gasteiger partial charge in [0.05, 0.1) is 16.8 Å². The van der Waals surface area contributed by atoms with E-state index in [0.717, 1.165) is 29.6 Å². The molecule has 1 fully saturated rings. The second-order valence-corrected chi connectivity index (χ2v) is 6.64. The van der Waals surface area contributed by atoms with Crippen molar-refractivity contribution in [2.24, 2.45) is 7.05 Å². The fraction of sp³-hybridized carbons (Fsp3) is 0.375. The quantitative estimate of drug-likeness (QED) is 0.740. The first-order chi connectivity index (χ1) is 10.8. The average molecular weight is 314 g/mol. The first-order valence-electron chi connectivity index (χ1n) is 7.50. The Morgan fingerprint density at radius 3 is 3.18 bits per heavy atom. The smallest absolute Gasteiger partial charge is 0.236 e. The van der Waals surface area contributed by atoms with Gasteiger partial charge >= 0.3 is 0 Å². The highest BCUT2D eigenvalue weighted by Gasteiger charge is 2.27. The fourth-order valence-corrected chi connectivity index (χ4v) is 3.76. The van der Waals surface area contributed by atoms with Crippen LogP contribution in [0.4, 0.5) is 0 Å². The number of aromatic nitrogens is 3. The standard InChI is InChI=1S/C16H18N4OS/c1-19-9-12(8-17-19)14-4-2-6-20(14)10-13-11-21-16(18-13)15-5-3-7-22-15/h3,5,7-9,11,14H,2,4,6,10H2,1H3/t14-/m0/s1. The molecule has 0 N–H and O–H groups in total. The van der Waals surface area contributed by atoms with Crippen LogP contribution in [0.3, 0.4) is 0 Å². The Morgan fingerprint density at radius 1 is 1.45 bits per heavy atom. The largest absolute Gasteiger partial charge is 0.444 e. The molecule has 0 saturated carbocycles. The number of hydrogen-bond donors (Lipinski definition) is 0. The molecular formula is C16H18N4OS. The third-order valence-corrected chi connectivity index (χ3v) is 4.98. The summed E-state index contributed by atoms with van der Waals surface area (Å²) < 4.78 is 7.49. The molecule has 1 saturated heterocycles. The molecule has 0 unspecified atom stereocenters. The summed E-state index contributed by atoms with van der Waals surface area (Å²) in [5.74, 6) is 0.724. The number of likely N-dealkylation sites (tertiary alicyclic amines) is 1. The third kappa shape index (κ3) is 2.60. The molecule has 4 heterocycles. The molecule has 5 nitrogen and oxygen atoms in total. The van der Waals surface area contributed by atoms with Crippen molar-refractivity contribution in [1.82, 2.24) is 19.7 Å². The Bertz CT molecular complexity index is 746. The van der Waals surface area contributed by atoms with Crippen molar-refractivity contribution < 1.29 is 4.42 Å². The summed E-state index contributed by atoms with van der Waals surface area (Å²) in [6.07, 6.45) is 8.27. The summed E-state index contributed by atoms with van der Waals surface area (Å²) in [5.41, 5.74) is 2.29. The molecule has 0 aromatic carbocycles. The molecule has 4 rings (SSSR count). The van der Waals surface area contributed by atoms with Gasteiger partial charge in [0.25, 0.3) is 0 Å². The van der Waals surface area contributed by atoms with E-state index in [-0.39, 0.29) is 0 Å². The van der Waals surface area contributed by atoms with Gasteiger partial charge in [0.1, 0.15) is 6.26 Å². The van der Waals surface area contributed by atoms with Crippen molar-refractivity contribution in [1.29, 1.82) is 0 Å².